The molecule has 98 valence electrons. The second-order valence-corrected chi connectivity index (χ2v) is 6.10. The number of fused-ring (bicyclic) bond motifs is 1. The maximum atomic E-state index is 11.5. The summed E-state index contributed by atoms with van der Waals surface area (Å²) in [7, 11) is -1.81. The molecule has 0 bridgehead atoms. The minimum atomic E-state index is -3.23. The lowest BCUT2D eigenvalue weighted by Gasteiger charge is -2.05. The molecule has 2 aromatic heterocycles. The Morgan fingerprint density at radius 2 is 2.06 bits per heavy atom. The largest absolute Gasteiger partial charge is 0.330 e. The maximum Gasteiger partial charge on any atom is 0.215 e. The van der Waals surface area contributed by atoms with Gasteiger partial charge in [-0.25, -0.2) is 13.1 Å². The van der Waals surface area contributed by atoms with Gasteiger partial charge in [0.25, 0.3) is 0 Å². The van der Waals surface area contributed by atoms with E-state index < -0.39 is 10.0 Å². The number of sulfonamides is 1. The average Bonchev–Trinajstić information content (AvgIpc) is 2.72. The number of rotatable bonds is 5. The summed E-state index contributed by atoms with van der Waals surface area (Å²) in [6.45, 7) is 0.582. The van der Waals surface area contributed by atoms with Gasteiger partial charge in [-0.3, -0.25) is 0 Å². The minimum absolute atomic E-state index is 0.00670. The summed E-state index contributed by atoms with van der Waals surface area (Å²) in [4.78, 5) is 0. The summed E-state index contributed by atoms with van der Waals surface area (Å²) in [6.07, 6.45) is 4.62. The predicted molar refractivity (Wildman–Crippen MR) is 71.8 cm³/mol. The van der Waals surface area contributed by atoms with Gasteiger partial charge in [-0.15, -0.1) is 0 Å². The number of hydrogen-bond donors (Lipinski definition) is 2. The number of hydrogen-bond acceptors (Lipinski definition) is 3. The first-order valence-corrected chi connectivity index (χ1v) is 7.41. The molecule has 0 unspecified atom stereocenters. The van der Waals surface area contributed by atoms with E-state index in [1.807, 2.05) is 35.0 Å². The highest BCUT2D eigenvalue weighted by atomic mass is 32.2. The zero-order chi connectivity index (χ0) is 13.2. The first kappa shape index (κ1) is 13.1. The highest BCUT2D eigenvalue weighted by molar-refractivity contribution is 7.88. The van der Waals surface area contributed by atoms with E-state index >= 15 is 0 Å². The van der Waals surface area contributed by atoms with Gasteiger partial charge in [0, 0.05) is 17.9 Å². The molecular weight excluding hydrogens is 250 g/mol. The molecule has 2 aromatic rings. The average molecular weight is 267 g/mol. The molecule has 2 heterocycles. The summed E-state index contributed by atoms with van der Waals surface area (Å²) < 4.78 is 27.3. The van der Waals surface area contributed by atoms with E-state index in [1.54, 1.807) is 0 Å². The third kappa shape index (κ3) is 2.72. The Kier molecular flexibility index (Phi) is 3.70. The van der Waals surface area contributed by atoms with Crippen LogP contribution in [0.15, 0.2) is 30.6 Å². The fourth-order valence-corrected chi connectivity index (χ4v) is 2.71. The van der Waals surface area contributed by atoms with E-state index in [0.29, 0.717) is 6.54 Å². The van der Waals surface area contributed by atoms with Crippen molar-refractivity contribution < 1.29 is 8.42 Å². The fraction of sp³-hybridized carbons (Fsp3) is 0.333. The molecule has 6 heteroatoms. The van der Waals surface area contributed by atoms with Crippen LogP contribution in [-0.4, -0.2) is 26.4 Å². The van der Waals surface area contributed by atoms with Crippen LogP contribution >= 0.6 is 0 Å². The lowest BCUT2D eigenvalue weighted by molar-refractivity contribution is 0.587. The van der Waals surface area contributed by atoms with Gasteiger partial charge in [-0.05, 0) is 49.3 Å². The Bertz CT molecular complexity index is 646. The number of aromatic nitrogens is 1. The summed E-state index contributed by atoms with van der Waals surface area (Å²) in [5.41, 5.74) is 8.49. The first-order chi connectivity index (χ1) is 8.55. The van der Waals surface area contributed by atoms with Crippen molar-refractivity contribution in [3.05, 3.63) is 41.7 Å². The Morgan fingerprint density at radius 3 is 2.72 bits per heavy atom. The second kappa shape index (κ2) is 5.09. The molecule has 0 fully saturated rings. The Labute approximate surface area is 107 Å². The zero-order valence-electron chi connectivity index (χ0n) is 10.3. The van der Waals surface area contributed by atoms with E-state index in [-0.39, 0.29) is 5.75 Å². The van der Waals surface area contributed by atoms with Crippen molar-refractivity contribution in [1.29, 1.82) is 0 Å². The van der Waals surface area contributed by atoms with Crippen molar-refractivity contribution in [2.75, 3.05) is 13.6 Å². The van der Waals surface area contributed by atoms with Crippen molar-refractivity contribution in [2.24, 2.45) is 5.73 Å². The molecule has 0 saturated carbocycles. The molecule has 0 spiro atoms. The first-order valence-electron chi connectivity index (χ1n) is 5.75. The van der Waals surface area contributed by atoms with Gasteiger partial charge < -0.3 is 10.1 Å². The predicted octanol–water partition coefficient (Wildman–Crippen LogP) is 0.490. The van der Waals surface area contributed by atoms with Gasteiger partial charge in [-0.1, -0.05) is 0 Å². The SMILES string of the molecule is CNS(=O)(=O)Cc1ccn2ccc(CCN)c2c1. The quantitative estimate of drug-likeness (QED) is 0.827. The number of nitrogens with zero attached hydrogens (tertiary/aromatic N) is 1. The summed E-state index contributed by atoms with van der Waals surface area (Å²) in [6, 6.07) is 5.73. The Balaban J connectivity index is 2.39. The molecule has 0 aliphatic carbocycles. The van der Waals surface area contributed by atoms with E-state index in [2.05, 4.69) is 4.72 Å². The van der Waals surface area contributed by atoms with Gasteiger partial charge >= 0.3 is 0 Å². The third-order valence-corrected chi connectivity index (χ3v) is 4.23. The monoisotopic (exact) mass is 267 g/mol. The van der Waals surface area contributed by atoms with Crippen molar-refractivity contribution >= 4 is 15.5 Å². The molecule has 2 rings (SSSR count). The van der Waals surface area contributed by atoms with Crippen LogP contribution in [0.3, 0.4) is 0 Å². The molecule has 0 aromatic carbocycles. The molecule has 0 saturated heterocycles. The van der Waals surface area contributed by atoms with Crippen molar-refractivity contribution in [3.8, 4) is 0 Å². The highest BCUT2D eigenvalue weighted by Gasteiger charge is 2.10. The summed E-state index contributed by atoms with van der Waals surface area (Å²) in [5, 5.41) is 0. The lowest BCUT2D eigenvalue weighted by Crippen LogP contribution is -2.20. The van der Waals surface area contributed by atoms with Crippen LogP contribution in [-0.2, 0) is 22.2 Å². The van der Waals surface area contributed by atoms with Crippen LogP contribution in [0.25, 0.3) is 5.52 Å². The van der Waals surface area contributed by atoms with Gasteiger partial charge in [0.15, 0.2) is 0 Å². The van der Waals surface area contributed by atoms with Crippen molar-refractivity contribution in [1.82, 2.24) is 9.12 Å². The second-order valence-electron chi connectivity index (χ2n) is 4.17. The van der Waals surface area contributed by atoms with E-state index in [0.717, 1.165) is 23.1 Å². The standard InChI is InChI=1S/C12H17N3O2S/c1-14-18(16,17)9-10-3-6-15-7-4-11(2-5-13)12(15)8-10/h3-4,6-8,14H,2,5,9,13H2,1H3. The van der Waals surface area contributed by atoms with Crippen LogP contribution in [0, 0.1) is 0 Å². The number of nitrogens with two attached hydrogens (primary N) is 1. The lowest BCUT2D eigenvalue weighted by atomic mass is 10.1. The molecule has 0 aliphatic heterocycles. The number of nitrogens with one attached hydrogen (secondary N) is 1. The van der Waals surface area contributed by atoms with Crippen LogP contribution in [0.2, 0.25) is 0 Å². The van der Waals surface area contributed by atoms with E-state index in [9.17, 15) is 8.42 Å². The Morgan fingerprint density at radius 1 is 1.33 bits per heavy atom. The molecule has 0 radical (unpaired) electrons. The minimum Gasteiger partial charge on any atom is -0.330 e. The smallest absolute Gasteiger partial charge is 0.215 e. The molecular formula is C12H17N3O2S. The molecule has 0 amide bonds. The maximum absolute atomic E-state index is 11.5. The van der Waals surface area contributed by atoms with E-state index in [1.165, 1.54) is 7.05 Å². The van der Waals surface area contributed by atoms with Gasteiger partial charge in [-0.2, -0.15) is 0 Å². The summed E-state index contributed by atoms with van der Waals surface area (Å²) >= 11 is 0. The fourth-order valence-electron chi connectivity index (χ4n) is 1.95. The van der Waals surface area contributed by atoms with Crippen molar-refractivity contribution in [3.63, 3.8) is 0 Å². The van der Waals surface area contributed by atoms with Crippen LogP contribution < -0.4 is 10.5 Å². The van der Waals surface area contributed by atoms with Crippen LogP contribution in [0.1, 0.15) is 11.1 Å². The molecule has 3 N–H and O–H groups in total. The normalized spacial score (nSPS) is 12.1. The molecule has 0 aliphatic rings. The van der Waals surface area contributed by atoms with Gasteiger partial charge in [0.05, 0.1) is 5.75 Å². The zero-order valence-corrected chi connectivity index (χ0v) is 11.1. The Hall–Kier alpha value is -1.37. The molecule has 0 atom stereocenters. The van der Waals surface area contributed by atoms with Gasteiger partial charge in [0.2, 0.25) is 10.0 Å². The van der Waals surface area contributed by atoms with Crippen LogP contribution in [0.5, 0.6) is 0 Å². The molecule has 5 nitrogen and oxygen atoms in total. The van der Waals surface area contributed by atoms with Crippen LogP contribution in [0.4, 0.5) is 0 Å². The summed E-state index contributed by atoms with van der Waals surface area (Å²) in [5.74, 6) is -0.00670. The van der Waals surface area contributed by atoms with E-state index in [4.69, 9.17) is 5.73 Å². The number of pyridine rings is 1. The highest BCUT2D eigenvalue weighted by Crippen LogP contribution is 2.16. The third-order valence-electron chi connectivity index (χ3n) is 2.90. The van der Waals surface area contributed by atoms with Crippen molar-refractivity contribution in [2.45, 2.75) is 12.2 Å². The van der Waals surface area contributed by atoms with Gasteiger partial charge in [0.1, 0.15) is 0 Å². The topological polar surface area (TPSA) is 76.6 Å². The molecule has 18 heavy (non-hydrogen) atoms.